The first-order chi connectivity index (χ1) is 9.54. The highest BCUT2D eigenvalue weighted by molar-refractivity contribution is 5.80. The Morgan fingerprint density at radius 2 is 2.10 bits per heavy atom. The third kappa shape index (κ3) is 2.78. The van der Waals surface area contributed by atoms with Crippen LogP contribution in [0, 0.1) is 10.1 Å². The Bertz CT molecular complexity index is 503. The van der Waals surface area contributed by atoms with Crippen LogP contribution in [0.1, 0.15) is 18.0 Å². The van der Waals surface area contributed by atoms with Gasteiger partial charge in [-0.25, -0.2) is 0 Å². The van der Waals surface area contributed by atoms with Gasteiger partial charge >= 0.3 is 0 Å². The normalized spacial score (nSPS) is 22.3. The van der Waals surface area contributed by atoms with E-state index in [9.17, 15) is 14.9 Å². The third-order valence-electron chi connectivity index (χ3n) is 3.45. The first-order valence-electron chi connectivity index (χ1n) is 6.33. The highest BCUT2D eigenvalue weighted by Gasteiger charge is 2.38. The summed E-state index contributed by atoms with van der Waals surface area (Å²) in [4.78, 5) is 23.8. The SMILES string of the molecule is COCCN1C(=O)CC(N)C1c1ccc([N+](=O)[O-])cc1. The van der Waals surface area contributed by atoms with Crippen LogP contribution >= 0.6 is 0 Å². The quantitative estimate of drug-likeness (QED) is 0.636. The molecule has 1 saturated heterocycles. The van der Waals surface area contributed by atoms with Gasteiger partial charge < -0.3 is 15.4 Å². The van der Waals surface area contributed by atoms with Crippen LogP contribution in [0.25, 0.3) is 0 Å². The fourth-order valence-corrected chi connectivity index (χ4v) is 2.49. The standard InChI is InChI=1S/C13H17N3O4/c1-20-7-6-15-12(17)8-11(14)13(15)9-2-4-10(5-3-9)16(18)19/h2-5,11,13H,6-8,14H2,1H3. The molecule has 1 aliphatic rings. The Hall–Kier alpha value is -1.99. The molecule has 7 nitrogen and oxygen atoms in total. The lowest BCUT2D eigenvalue weighted by molar-refractivity contribution is -0.384. The number of non-ortho nitro benzene ring substituents is 1. The van der Waals surface area contributed by atoms with Gasteiger partial charge in [0.15, 0.2) is 0 Å². The summed E-state index contributed by atoms with van der Waals surface area (Å²) in [6.45, 7) is 0.895. The average molecular weight is 279 g/mol. The topological polar surface area (TPSA) is 98.7 Å². The van der Waals surface area contributed by atoms with E-state index in [1.807, 2.05) is 0 Å². The minimum atomic E-state index is -0.452. The van der Waals surface area contributed by atoms with Gasteiger partial charge in [0.05, 0.1) is 17.6 Å². The highest BCUT2D eigenvalue weighted by Crippen LogP contribution is 2.32. The van der Waals surface area contributed by atoms with Crippen LogP contribution in [0.4, 0.5) is 5.69 Å². The number of likely N-dealkylation sites (tertiary alicyclic amines) is 1. The van der Waals surface area contributed by atoms with Crippen molar-refractivity contribution in [2.75, 3.05) is 20.3 Å². The number of rotatable bonds is 5. The molecule has 1 fully saturated rings. The van der Waals surface area contributed by atoms with Gasteiger partial charge in [0.25, 0.3) is 5.69 Å². The second-order valence-corrected chi connectivity index (χ2v) is 4.74. The zero-order valence-electron chi connectivity index (χ0n) is 11.2. The molecule has 0 aromatic heterocycles. The van der Waals surface area contributed by atoms with Gasteiger partial charge in [-0.2, -0.15) is 0 Å². The largest absolute Gasteiger partial charge is 0.383 e. The minimum absolute atomic E-state index is 0.0158. The fourth-order valence-electron chi connectivity index (χ4n) is 2.49. The molecule has 1 heterocycles. The summed E-state index contributed by atoms with van der Waals surface area (Å²) >= 11 is 0. The number of hydrogen-bond acceptors (Lipinski definition) is 5. The third-order valence-corrected chi connectivity index (χ3v) is 3.45. The number of hydrogen-bond donors (Lipinski definition) is 1. The molecule has 0 aliphatic carbocycles. The molecule has 0 spiro atoms. The Labute approximate surface area is 116 Å². The predicted molar refractivity (Wildman–Crippen MR) is 72.0 cm³/mol. The van der Waals surface area contributed by atoms with E-state index < -0.39 is 4.92 Å². The predicted octanol–water partition coefficient (Wildman–Crippen LogP) is 0.842. The maximum Gasteiger partial charge on any atom is 0.269 e. The smallest absolute Gasteiger partial charge is 0.269 e. The number of ether oxygens (including phenoxy) is 1. The minimum Gasteiger partial charge on any atom is -0.383 e. The molecule has 7 heteroatoms. The molecule has 2 unspecified atom stereocenters. The Balaban J connectivity index is 2.23. The van der Waals surface area contributed by atoms with Crippen molar-refractivity contribution in [3.05, 3.63) is 39.9 Å². The summed E-state index contributed by atoms with van der Waals surface area (Å²) in [5.41, 5.74) is 6.86. The number of benzene rings is 1. The molecule has 0 radical (unpaired) electrons. The Kier molecular flexibility index (Phi) is 4.31. The molecule has 2 rings (SSSR count). The van der Waals surface area contributed by atoms with Crippen LogP contribution in [-0.4, -0.2) is 42.0 Å². The first kappa shape index (κ1) is 14.4. The van der Waals surface area contributed by atoms with E-state index in [0.717, 1.165) is 5.56 Å². The summed E-state index contributed by atoms with van der Waals surface area (Å²) in [6, 6.07) is 5.61. The maximum atomic E-state index is 11.9. The lowest BCUT2D eigenvalue weighted by Crippen LogP contribution is -2.35. The molecule has 2 N–H and O–H groups in total. The van der Waals surface area contributed by atoms with Crippen LogP contribution in [-0.2, 0) is 9.53 Å². The van der Waals surface area contributed by atoms with Crippen LogP contribution in [0.3, 0.4) is 0 Å². The number of nitrogens with two attached hydrogens (primary N) is 1. The van der Waals surface area contributed by atoms with Crippen LogP contribution in [0.5, 0.6) is 0 Å². The zero-order chi connectivity index (χ0) is 14.7. The summed E-state index contributed by atoms with van der Waals surface area (Å²) in [7, 11) is 1.57. The van der Waals surface area contributed by atoms with Gasteiger partial charge in [-0.05, 0) is 5.56 Å². The molecular weight excluding hydrogens is 262 g/mol. The van der Waals surface area contributed by atoms with E-state index in [1.54, 1.807) is 24.1 Å². The number of carbonyl (C=O) groups excluding carboxylic acids is 1. The van der Waals surface area contributed by atoms with E-state index in [4.69, 9.17) is 10.5 Å². The monoisotopic (exact) mass is 279 g/mol. The molecule has 1 aliphatic heterocycles. The van der Waals surface area contributed by atoms with Crippen LogP contribution < -0.4 is 5.73 Å². The molecule has 20 heavy (non-hydrogen) atoms. The van der Waals surface area contributed by atoms with E-state index in [-0.39, 0.29) is 30.1 Å². The summed E-state index contributed by atoms with van der Waals surface area (Å²) in [5.74, 6) is -0.0158. The molecule has 1 amide bonds. The lowest BCUT2D eigenvalue weighted by atomic mass is 10.0. The Morgan fingerprint density at radius 1 is 1.45 bits per heavy atom. The van der Waals surface area contributed by atoms with Gasteiger partial charge in [0.1, 0.15) is 0 Å². The number of nitro benzene ring substituents is 1. The Morgan fingerprint density at radius 3 is 2.65 bits per heavy atom. The molecule has 1 aromatic carbocycles. The molecular formula is C13H17N3O4. The highest BCUT2D eigenvalue weighted by atomic mass is 16.6. The number of nitro groups is 1. The molecule has 0 saturated carbocycles. The van der Waals surface area contributed by atoms with Crippen molar-refractivity contribution in [2.45, 2.75) is 18.5 Å². The van der Waals surface area contributed by atoms with E-state index in [2.05, 4.69) is 0 Å². The lowest BCUT2D eigenvalue weighted by Gasteiger charge is -2.27. The first-order valence-corrected chi connectivity index (χ1v) is 6.33. The second-order valence-electron chi connectivity index (χ2n) is 4.74. The summed E-state index contributed by atoms with van der Waals surface area (Å²) in [5, 5.41) is 10.7. The van der Waals surface area contributed by atoms with Gasteiger partial charge in [-0.15, -0.1) is 0 Å². The molecule has 1 aromatic rings. The second kappa shape index (κ2) is 5.98. The fraction of sp³-hybridized carbons (Fsp3) is 0.462. The van der Waals surface area contributed by atoms with Gasteiger partial charge in [-0.1, -0.05) is 12.1 Å². The molecule has 0 bridgehead atoms. The number of carbonyl (C=O) groups is 1. The van der Waals surface area contributed by atoms with E-state index >= 15 is 0 Å². The van der Waals surface area contributed by atoms with Crippen molar-refractivity contribution >= 4 is 11.6 Å². The van der Waals surface area contributed by atoms with Crippen LogP contribution in [0.15, 0.2) is 24.3 Å². The van der Waals surface area contributed by atoms with Crippen LogP contribution in [0.2, 0.25) is 0 Å². The van der Waals surface area contributed by atoms with Crippen molar-refractivity contribution in [1.82, 2.24) is 4.90 Å². The van der Waals surface area contributed by atoms with Crippen molar-refractivity contribution in [3.63, 3.8) is 0 Å². The van der Waals surface area contributed by atoms with E-state index in [1.165, 1.54) is 12.1 Å². The van der Waals surface area contributed by atoms with Gasteiger partial charge in [-0.3, -0.25) is 14.9 Å². The zero-order valence-corrected chi connectivity index (χ0v) is 11.2. The van der Waals surface area contributed by atoms with Crippen molar-refractivity contribution < 1.29 is 14.5 Å². The van der Waals surface area contributed by atoms with Crippen molar-refractivity contribution in [1.29, 1.82) is 0 Å². The van der Waals surface area contributed by atoms with Gasteiger partial charge in [0.2, 0.25) is 5.91 Å². The number of methoxy groups -OCH3 is 1. The number of nitrogens with zero attached hydrogens (tertiary/aromatic N) is 2. The average Bonchev–Trinajstić information content (AvgIpc) is 2.70. The number of amides is 1. The van der Waals surface area contributed by atoms with Gasteiger partial charge in [0, 0.05) is 38.2 Å². The summed E-state index contributed by atoms with van der Waals surface area (Å²) in [6.07, 6.45) is 0.283. The molecule has 2 atom stereocenters. The van der Waals surface area contributed by atoms with Crippen molar-refractivity contribution in [2.24, 2.45) is 5.73 Å². The maximum absolute atomic E-state index is 11.9. The van der Waals surface area contributed by atoms with Crippen molar-refractivity contribution in [3.8, 4) is 0 Å². The summed E-state index contributed by atoms with van der Waals surface area (Å²) < 4.78 is 5.00. The molecule has 108 valence electrons. The van der Waals surface area contributed by atoms with E-state index in [0.29, 0.717) is 13.2 Å².